The lowest BCUT2D eigenvalue weighted by Crippen LogP contribution is -2.18. The normalized spacial score (nSPS) is 11.1. The number of sulfonamides is 1. The van der Waals surface area contributed by atoms with Crippen LogP contribution < -0.4 is 14.2 Å². The molecule has 2 rings (SSSR count). The zero-order valence-corrected chi connectivity index (χ0v) is 18.1. The SMILES string of the molecule is COCCOc1cc(NS(=O)(=O)c2cc([N+](=O)[O-])cc(C)c2C)c(C(=O)O)cc1OC. The summed E-state index contributed by atoms with van der Waals surface area (Å²) >= 11 is 0. The highest BCUT2D eigenvalue weighted by molar-refractivity contribution is 7.92. The third-order valence-electron chi connectivity index (χ3n) is 4.43. The number of benzene rings is 2. The molecular weight excluding hydrogens is 432 g/mol. The first-order valence-corrected chi connectivity index (χ1v) is 10.4. The van der Waals surface area contributed by atoms with Gasteiger partial charge in [-0.25, -0.2) is 13.2 Å². The van der Waals surface area contributed by atoms with Gasteiger partial charge in [0.25, 0.3) is 15.7 Å². The number of nitro benzene ring substituents is 1. The minimum atomic E-state index is -4.38. The lowest BCUT2D eigenvalue weighted by atomic mass is 10.1. The lowest BCUT2D eigenvalue weighted by Gasteiger charge is -2.17. The van der Waals surface area contributed by atoms with Gasteiger partial charge in [0, 0.05) is 31.4 Å². The molecule has 0 aliphatic carbocycles. The van der Waals surface area contributed by atoms with Gasteiger partial charge >= 0.3 is 5.97 Å². The molecule has 2 aromatic carbocycles. The number of nitrogens with one attached hydrogen (secondary N) is 1. The van der Waals surface area contributed by atoms with E-state index in [-0.39, 0.29) is 40.9 Å². The standard InChI is InChI=1S/C19H22N2O9S/c1-11-7-13(21(24)25)8-18(12(11)2)31(26,27)20-15-10-17(30-6-5-28-3)16(29-4)9-14(15)19(22)23/h7-10,20H,5-6H2,1-4H3,(H,22,23). The number of rotatable bonds is 10. The lowest BCUT2D eigenvalue weighted by molar-refractivity contribution is -0.385. The Kier molecular flexibility index (Phi) is 7.41. The van der Waals surface area contributed by atoms with Crippen LogP contribution in [0.5, 0.6) is 11.5 Å². The Morgan fingerprint density at radius 2 is 1.81 bits per heavy atom. The first-order chi connectivity index (χ1) is 14.5. The fourth-order valence-electron chi connectivity index (χ4n) is 2.72. The van der Waals surface area contributed by atoms with Gasteiger partial charge in [-0.15, -0.1) is 0 Å². The molecule has 0 radical (unpaired) electrons. The van der Waals surface area contributed by atoms with Crippen LogP contribution in [0.4, 0.5) is 11.4 Å². The summed E-state index contributed by atoms with van der Waals surface area (Å²) < 4.78 is 43.8. The van der Waals surface area contributed by atoms with Crippen molar-refractivity contribution in [3.8, 4) is 11.5 Å². The zero-order valence-electron chi connectivity index (χ0n) is 17.3. The van der Waals surface area contributed by atoms with Crippen molar-refractivity contribution in [2.45, 2.75) is 18.7 Å². The first-order valence-electron chi connectivity index (χ1n) is 8.87. The third-order valence-corrected chi connectivity index (χ3v) is 5.92. The molecule has 0 fully saturated rings. The third kappa shape index (κ3) is 5.41. The van der Waals surface area contributed by atoms with Gasteiger partial charge in [-0.05, 0) is 25.0 Å². The summed E-state index contributed by atoms with van der Waals surface area (Å²) in [7, 11) is -1.60. The van der Waals surface area contributed by atoms with Crippen LogP contribution in [0.25, 0.3) is 0 Å². The number of methoxy groups -OCH3 is 2. The van der Waals surface area contributed by atoms with E-state index in [1.165, 1.54) is 33.3 Å². The topological polar surface area (TPSA) is 154 Å². The number of carboxylic acid groups (broad SMARTS) is 1. The summed E-state index contributed by atoms with van der Waals surface area (Å²) in [5.74, 6) is -1.24. The molecule has 0 aliphatic rings. The number of non-ortho nitro benzene ring substituents is 1. The second kappa shape index (κ2) is 9.62. The van der Waals surface area contributed by atoms with Gasteiger partial charge in [-0.2, -0.15) is 0 Å². The van der Waals surface area contributed by atoms with E-state index >= 15 is 0 Å². The van der Waals surface area contributed by atoms with Crippen LogP contribution in [0.3, 0.4) is 0 Å². The smallest absolute Gasteiger partial charge is 0.337 e. The Hall–Kier alpha value is -3.38. The van der Waals surface area contributed by atoms with E-state index in [1.54, 1.807) is 6.92 Å². The van der Waals surface area contributed by atoms with Crippen molar-refractivity contribution >= 4 is 27.4 Å². The number of aromatic carboxylic acids is 1. The van der Waals surface area contributed by atoms with E-state index in [2.05, 4.69) is 4.72 Å². The summed E-state index contributed by atoms with van der Waals surface area (Å²) in [5, 5.41) is 20.7. The van der Waals surface area contributed by atoms with Gasteiger partial charge in [0.05, 0.1) is 34.8 Å². The van der Waals surface area contributed by atoms with Crippen LogP contribution in [0.15, 0.2) is 29.2 Å². The van der Waals surface area contributed by atoms with Crippen molar-refractivity contribution in [1.82, 2.24) is 0 Å². The molecule has 168 valence electrons. The van der Waals surface area contributed by atoms with E-state index < -0.39 is 26.6 Å². The summed E-state index contributed by atoms with van der Waals surface area (Å²) in [6, 6.07) is 4.47. The Morgan fingerprint density at radius 1 is 1.13 bits per heavy atom. The van der Waals surface area contributed by atoms with Crippen LogP contribution in [-0.4, -0.2) is 51.9 Å². The highest BCUT2D eigenvalue weighted by Gasteiger charge is 2.26. The van der Waals surface area contributed by atoms with Gasteiger partial charge in [-0.3, -0.25) is 14.8 Å². The van der Waals surface area contributed by atoms with Gasteiger partial charge in [0.2, 0.25) is 0 Å². The summed E-state index contributed by atoms with van der Waals surface area (Å²) in [4.78, 5) is 21.8. The number of nitro groups is 1. The average Bonchev–Trinajstić information content (AvgIpc) is 2.69. The number of carbonyl (C=O) groups is 1. The molecule has 0 saturated heterocycles. The highest BCUT2D eigenvalue weighted by Crippen LogP contribution is 2.35. The van der Waals surface area contributed by atoms with Crippen molar-refractivity contribution in [1.29, 1.82) is 0 Å². The molecule has 0 atom stereocenters. The van der Waals surface area contributed by atoms with E-state index in [1.807, 2.05) is 0 Å². The largest absolute Gasteiger partial charge is 0.493 e. The van der Waals surface area contributed by atoms with E-state index in [0.717, 1.165) is 12.1 Å². The average molecular weight is 454 g/mol. The molecule has 12 heteroatoms. The molecule has 0 heterocycles. The molecule has 0 bridgehead atoms. The second-order valence-electron chi connectivity index (χ2n) is 6.44. The van der Waals surface area contributed by atoms with Crippen LogP contribution in [-0.2, 0) is 14.8 Å². The second-order valence-corrected chi connectivity index (χ2v) is 8.09. The maximum Gasteiger partial charge on any atom is 0.337 e. The quantitative estimate of drug-likeness (QED) is 0.313. The van der Waals surface area contributed by atoms with E-state index in [0.29, 0.717) is 11.1 Å². The Balaban J connectivity index is 2.59. The molecule has 0 aromatic heterocycles. The Morgan fingerprint density at radius 3 is 2.35 bits per heavy atom. The predicted octanol–water partition coefficient (Wildman–Crippen LogP) is 2.74. The molecule has 0 spiro atoms. The van der Waals surface area contributed by atoms with Crippen molar-refractivity contribution in [2.75, 3.05) is 32.2 Å². The van der Waals surface area contributed by atoms with E-state index in [4.69, 9.17) is 14.2 Å². The maximum atomic E-state index is 13.0. The molecule has 31 heavy (non-hydrogen) atoms. The zero-order chi connectivity index (χ0) is 23.3. The predicted molar refractivity (Wildman–Crippen MR) is 111 cm³/mol. The first kappa shape index (κ1) is 23.9. The number of ether oxygens (including phenoxy) is 3. The molecule has 0 saturated carbocycles. The number of hydrogen-bond donors (Lipinski definition) is 2. The van der Waals surface area contributed by atoms with Gasteiger partial charge in [0.1, 0.15) is 6.61 Å². The van der Waals surface area contributed by atoms with Crippen molar-refractivity contribution in [3.05, 3.63) is 51.1 Å². The molecule has 0 aliphatic heterocycles. The molecule has 2 aromatic rings. The molecule has 11 nitrogen and oxygen atoms in total. The van der Waals surface area contributed by atoms with Crippen LogP contribution in [0.2, 0.25) is 0 Å². The minimum absolute atomic E-state index is 0.0822. The van der Waals surface area contributed by atoms with Crippen LogP contribution in [0.1, 0.15) is 21.5 Å². The number of nitrogens with zero attached hydrogens (tertiary/aromatic N) is 1. The van der Waals surface area contributed by atoms with Crippen LogP contribution in [0, 0.1) is 24.0 Å². The number of aryl methyl sites for hydroxylation is 1. The summed E-state index contributed by atoms with van der Waals surface area (Å²) in [5.41, 5.74) is -0.393. The monoisotopic (exact) mass is 454 g/mol. The molecular formula is C19H22N2O9S. The maximum absolute atomic E-state index is 13.0. The molecule has 2 N–H and O–H groups in total. The fourth-order valence-corrected chi connectivity index (χ4v) is 4.13. The van der Waals surface area contributed by atoms with Crippen molar-refractivity contribution in [3.63, 3.8) is 0 Å². The van der Waals surface area contributed by atoms with Crippen LogP contribution >= 0.6 is 0 Å². The minimum Gasteiger partial charge on any atom is -0.493 e. The van der Waals surface area contributed by atoms with Crippen molar-refractivity contribution < 1.29 is 37.5 Å². The molecule has 0 amide bonds. The summed E-state index contributed by atoms with van der Waals surface area (Å²) in [6.45, 7) is 3.38. The fraction of sp³-hybridized carbons (Fsp3) is 0.316. The Bertz CT molecular complexity index is 1110. The molecule has 0 unspecified atom stereocenters. The van der Waals surface area contributed by atoms with Gasteiger partial charge in [-0.1, -0.05) is 0 Å². The Labute approximate surface area is 178 Å². The summed E-state index contributed by atoms with van der Waals surface area (Å²) in [6.07, 6.45) is 0. The van der Waals surface area contributed by atoms with Gasteiger partial charge in [0.15, 0.2) is 11.5 Å². The highest BCUT2D eigenvalue weighted by atomic mass is 32.2. The number of carboxylic acids is 1. The van der Waals surface area contributed by atoms with Crippen molar-refractivity contribution in [2.24, 2.45) is 0 Å². The number of anilines is 1. The number of hydrogen-bond acceptors (Lipinski definition) is 8. The van der Waals surface area contributed by atoms with Gasteiger partial charge < -0.3 is 19.3 Å². The van der Waals surface area contributed by atoms with E-state index in [9.17, 15) is 28.4 Å².